The fraction of sp³-hybridized carbons (Fsp3) is 0.382. The lowest BCUT2D eigenvalue weighted by Gasteiger charge is -2.37. The van der Waals surface area contributed by atoms with Crippen molar-refractivity contribution in [3.63, 3.8) is 0 Å². The van der Waals surface area contributed by atoms with Gasteiger partial charge in [0.25, 0.3) is 5.69 Å². The lowest BCUT2D eigenvalue weighted by Crippen LogP contribution is -2.43. The number of hydrogen-bond acceptors (Lipinski definition) is 7. The monoisotopic (exact) mass is 633 g/mol. The molecule has 0 aromatic heterocycles. The second kappa shape index (κ2) is 15.3. The summed E-state index contributed by atoms with van der Waals surface area (Å²) in [7, 11) is -1.98. The number of hydrogen-bond donors (Lipinski definition) is 0. The maximum atomic E-state index is 13.3. The van der Waals surface area contributed by atoms with Gasteiger partial charge >= 0.3 is 0 Å². The van der Waals surface area contributed by atoms with E-state index in [0.717, 1.165) is 44.5 Å². The van der Waals surface area contributed by atoms with E-state index in [1.165, 1.54) is 21.3 Å². The molecule has 0 N–H and O–H groups in total. The maximum absolute atomic E-state index is 13.3. The van der Waals surface area contributed by atoms with Crippen molar-refractivity contribution < 1.29 is 23.2 Å². The van der Waals surface area contributed by atoms with Gasteiger partial charge in [0.1, 0.15) is 6.09 Å². The van der Waals surface area contributed by atoms with Crippen LogP contribution in [0.5, 0.6) is 0 Å². The molecular formula is C34H41N4O6S-. The minimum atomic E-state index is -3.63. The molecule has 0 saturated carbocycles. The van der Waals surface area contributed by atoms with E-state index < -0.39 is 26.5 Å². The number of piperidine rings is 1. The first-order valence-corrected chi connectivity index (χ1v) is 16.6. The molecule has 45 heavy (non-hydrogen) atoms. The number of rotatable bonds is 14. The van der Waals surface area contributed by atoms with Crippen LogP contribution in [0.15, 0.2) is 102 Å². The summed E-state index contributed by atoms with van der Waals surface area (Å²) in [6.07, 6.45) is 5.30. The number of amides is 1. The van der Waals surface area contributed by atoms with Gasteiger partial charge < -0.3 is 19.7 Å². The molecule has 10 nitrogen and oxygen atoms in total. The molecule has 0 aliphatic carbocycles. The number of likely N-dealkylation sites (N-methyl/N-ethyl adjacent to an activating group) is 1. The van der Waals surface area contributed by atoms with Crippen LogP contribution in [0.1, 0.15) is 37.3 Å². The Kier molecular flexibility index (Phi) is 11.5. The van der Waals surface area contributed by atoms with Gasteiger partial charge in [-0.1, -0.05) is 79.7 Å². The van der Waals surface area contributed by atoms with E-state index in [1.54, 1.807) is 49.5 Å². The molecule has 0 bridgehead atoms. The van der Waals surface area contributed by atoms with Gasteiger partial charge in [0.2, 0.25) is 10.0 Å². The number of carbonyl (C=O) groups is 1. The Balaban J connectivity index is 1.31. The van der Waals surface area contributed by atoms with E-state index >= 15 is 0 Å². The van der Waals surface area contributed by atoms with Crippen molar-refractivity contribution in [1.82, 2.24) is 14.1 Å². The SMILES string of the molecule is CN(CC(C)(CCN1CCC(C=CCN(Cc2ccc([N+](=O)[O-])cc2)C(=O)[O-])CC1)c1ccccc1)S(=O)(=O)c1ccccc1. The molecule has 0 spiro atoms. The number of nitro benzene ring substituents is 1. The molecule has 1 aliphatic heterocycles. The molecule has 1 amide bonds. The number of sulfonamides is 1. The molecule has 4 rings (SSSR count). The molecule has 1 atom stereocenters. The van der Waals surface area contributed by atoms with E-state index in [-0.39, 0.29) is 23.7 Å². The standard InChI is InChI=1S/C34H42N4O6S/c1-34(30-11-5-3-6-12-30,27-35(2)45(43,44)32-13-7-4-8-14-32)21-25-36-23-19-28(20-24-36)10-9-22-37(33(39)40)26-29-15-17-31(18-16-29)38(41)42/h3-18,28H,19-27H2,1-2H3,(H,39,40)/p-1. The van der Waals surface area contributed by atoms with E-state index in [0.29, 0.717) is 18.0 Å². The quantitative estimate of drug-likeness (QED) is 0.143. The molecule has 1 saturated heterocycles. The van der Waals surface area contributed by atoms with Crippen molar-refractivity contribution in [1.29, 1.82) is 0 Å². The van der Waals surface area contributed by atoms with Gasteiger partial charge in [0, 0.05) is 44.2 Å². The van der Waals surface area contributed by atoms with Crippen LogP contribution in [0.4, 0.5) is 10.5 Å². The highest BCUT2D eigenvalue weighted by Gasteiger charge is 2.33. The van der Waals surface area contributed by atoms with E-state index in [4.69, 9.17) is 0 Å². The molecule has 11 heteroatoms. The van der Waals surface area contributed by atoms with Crippen molar-refractivity contribution in [2.45, 2.75) is 43.0 Å². The van der Waals surface area contributed by atoms with Gasteiger partial charge in [-0.2, -0.15) is 0 Å². The largest absolute Gasteiger partial charge is 0.530 e. The Labute approximate surface area is 265 Å². The maximum Gasteiger partial charge on any atom is 0.269 e. The first kappa shape index (κ1) is 33.8. The van der Waals surface area contributed by atoms with Crippen LogP contribution in [-0.4, -0.2) is 73.3 Å². The van der Waals surface area contributed by atoms with Crippen LogP contribution in [0.2, 0.25) is 0 Å². The summed E-state index contributed by atoms with van der Waals surface area (Å²) in [5.41, 5.74) is 1.31. The van der Waals surface area contributed by atoms with E-state index in [1.807, 2.05) is 24.3 Å². The van der Waals surface area contributed by atoms with Gasteiger partial charge in [-0.15, -0.1) is 0 Å². The minimum absolute atomic E-state index is 0.0435. The Hall–Kier alpha value is -4.06. The first-order valence-electron chi connectivity index (χ1n) is 15.1. The zero-order valence-corrected chi connectivity index (χ0v) is 26.6. The van der Waals surface area contributed by atoms with Gasteiger partial charge in [-0.3, -0.25) is 10.1 Å². The highest BCUT2D eigenvalue weighted by atomic mass is 32.2. The van der Waals surface area contributed by atoms with Crippen molar-refractivity contribution in [2.24, 2.45) is 5.92 Å². The van der Waals surface area contributed by atoms with Crippen LogP contribution in [0.3, 0.4) is 0 Å². The van der Waals surface area contributed by atoms with Crippen LogP contribution in [-0.2, 0) is 22.0 Å². The summed E-state index contributed by atoms with van der Waals surface area (Å²) in [6, 6.07) is 24.4. The molecular weight excluding hydrogens is 592 g/mol. The van der Waals surface area contributed by atoms with Gasteiger partial charge in [-0.05, 0) is 68.1 Å². The molecule has 1 heterocycles. The van der Waals surface area contributed by atoms with Crippen molar-refractivity contribution >= 4 is 21.8 Å². The number of nitro groups is 1. The smallest absolute Gasteiger partial charge is 0.269 e. The van der Waals surface area contributed by atoms with E-state index in [2.05, 4.69) is 30.0 Å². The summed E-state index contributed by atoms with van der Waals surface area (Å²) in [5, 5.41) is 22.6. The van der Waals surface area contributed by atoms with Crippen molar-refractivity contribution in [2.75, 3.05) is 39.8 Å². The van der Waals surface area contributed by atoms with Crippen molar-refractivity contribution in [3.05, 3.63) is 118 Å². The Morgan fingerprint density at radius 2 is 1.60 bits per heavy atom. The number of allylic oxidation sites excluding steroid dienone is 1. The predicted octanol–water partition coefficient (Wildman–Crippen LogP) is 4.68. The molecule has 3 aromatic carbocycles. The molecule has 1 fully saturated rings. The zero-order valence-electron chi connectivity index (χ0n) is 25.8. The Morgan fingerprint density at radius 3 is 2.18 bits per heavy atom. The number of non-ortho nitro benzene ring substituents is 1. The molecule has 1 unspecified atom stereocenters. The highest BCUT2D eigenvalue weighted by molar-refractivity contribution is 7.89. The summed E-state index contributed by atoms with van der Waals surface area (Å²) in [5.74, 6) is 0.326. The van der Waals surface area contributed by atoms with Crippen LogP contribution >= 0.6 is 0 Å². The third-order valence-electron chi connectivity index (χ3n) is 8.62. The third kappa shape index (κ3) is 9.23. The molecule has 240 valence electrons. The second-order valence-corrected chi connectivity index (χ2v) is 14.0. The first-order chi connectivity index (χ1) is 21.5. The molecule has 1 aliphatic rings. The Bertz CT molecular complexity index is 1540. The lowest BCUT2D eigenvalue weighted by atomic mass is 9.79. The topological polar surface area (TPSA) is 127 Å². The van der Waals surface area contributed by atoms with Crippen LogP contribution in [0, 0.1) is 16.0 Å². The summed E-state index contributed by atoms with van der Waals surface area (Å²) in [6.45, 7) is 5.36. The Morgan fingerprint density at radius 1 is 1.00 bits per heavy atom. The van der Waals surface area contributed by atoms with Gasteiger partial charge in [0.15, 0.2) is 0 Å². The second-order valence-electron chi connectivity index (χ2n) is 11.9. The van der Waals surface area contributed by atoms with Gasteiger partial charge in [0.05, 0.1) is 9.82 Å². The summed E-state index contributed by atoms with van der Waals surface area (Å²) in [4.78, 5) is 25.9. The minimum Gasteiger partial charge on any atom is -0.530 e. The summed E-state index contributed by atoms with van der Waals surface area (Å²) >= 11 is 0. The van der Waals surface area contributed by atoms with Gasteiger partial charge in [-0.25, -0.2) is 12.7 Å². The molecule has 3 aromatic rings. The van der Waals surface area contributed by atoms with Crippen molar-refractivity contribution in [3.8, 4) is 0 Å². The highest BCUT2D eigenvalue weighted by Crippen LogP contribution is 2.31. The lowest BCUT2D eigenvalue weighted by molar-refractivity contribution is -0.384. The summed E-state index contributed by atoms with van der Waals surface area (Å²) < 4.78 is 28.1. The molecule has 0 radical (unpaired) electrons. The average molecular weight is 634 g/mol. The number of carbonyl (C=O) groups excluding carboxylic acids is 1. The fourth-order valence-corrected chi connectivity index (χ4v) is 7.12. The fourth-order valence-electron chi connectivity index (χ4n) is 5.81. The predicted molar refractivity (Wildman–Crippen MR) is 172 cm³/mol. The van der Waals surface area contributed by atoms with Crippen LogP contribution < -0.4 is 5.11 Å². The van der Waals surface area contributed by atoms with E-state index in [9.17, 15) is 28.4 Å². The zero-order chi connectivity index (χ0) is 32.5. The average Bonchev–Trinajstić information content (AvgIpc) is 3.05. The number of carboxylic acid groups (broad SMARTS) is 1. The number of benzene rings is 3. The normalized spacial score (nSPS) is 16.1. The number of nitrogens with zero attached hydrogens (tertiary/aromatic N) is 4. The number of likely N-dealkylation sites (tertiary alicyclic amines) is 1. The third-order valence-corrected chi connectivity index (χ3v) is 10.4. The van der Waals surface area contributed by atoms with Crippen LogP contribution in [0.25, 0.3) is 0 Å².